The first-order valence-corrected chi connectivity index (χ1v) is 8.33. The SMILES string of the molecule is CCCC(N1CCCC1)C(N)(CC)c1ccc(OC)cc1. The fourth-order valence-electron chi connectivity index (χ4n) is 3.63. The van der Waals surface area contributed by atoms with Crippen molar-refractivity contribution in [2.24, 2.45) is 5.73 Å². The second-order valence-electron chi connectivity index (χ2n) is 6.17. The van der Waals surface area contributed by atoms with Crippen LogP contribution in [0.25, 0.3) is 0 Å². The molecule has 3 nitrogen and oxygen atoms in total. The molecule has 1 aliphatic rings. The van der Waals surface area contributed by atoms with Gasteiger partial charge in [-0.2, -0.15) is 0 Å². The molecule has 0 aromatic heterocycles. The highest BCUT2D eigenvalue weighted by Gasteiger charge is 2.39. The predicted molar refractivity (Wildman–Crippen MR) is 88.7 cm³/mol. The zero-order valence-corrected chi connectivity index (χ0v) is 13.8. The minimum Gasteiger partial charge on any atom is -0.497 e. The summed E-state index contributed by atoms with van der Waals surface area (Å²) >= 11 is 0. The number of hydrogen-bond acceptors (Lipinski definition) is 3. The van der Waals surface area contributed by atoms with Crippen molar-refractivity contribution in [2.75, 3.05) is 20.2 Å². The number of likely N-dealkylation sites (tertiary alicyclic amines) is 1. The van der Waals surface area contributed by atoms with E-state index in [0.717, 1.165) is 18.6 Å². The van der Waals surface area contributed by atoms with Crippen LogP contribution in [0.5, 0.6) is 5.75 Å². The third-order valence-electron chi connectivity index (χ3n) is 4.95. The van der Waals surface area contributed by atoms with Crippen LogP contribution in [-0.2, 0) is 5.54 Å². The molecule has 2 atom stereocenters. The van der Waals surface area contributed by atoms with E-state index in [0.29, 0.717) is 6.04 Å². The molecule has 1 aromatic rings. The Balaban J connectivity index is 2.30. The zero-order valence-electron chi connectivity index (χ0n) is 13.8. The van der Waals surface area contributed by atoms with Crippen LogP contribution in [0, 0.1) is 0 Å². The Bertz CT molecular complexity index is 425. The van der Waals surface area contributed by atoms with Crippen molar-refractivity contribution >= 4 is 0 Å². The Morgan fingerprint density at radius 2 is 1.81 bits per heavy atom. The van der Waals surface area contributed by atoms with Gasteiger partial charge in [-0.15, -0.1) is 0 Å². The monoisotopic (exact) mass is 290 g/mol. The average molecular weight is 290 g/mol. The molecule has 0 saturated carbocycles. The van der Waals surface area contributed by atoms with Gasteiger partial charge < -0.3 is 10.5 Å². The van der Waals surface area contributed by atoms with Crippen molar-refractivity contribution in [2.45, 2.75) is 57.5 Å². The lowest BCUT2D eigenvalue weighted by Crippen LogP contribution is -2.55. The first-order chi connectivity index (χ1) is 10.2. The molecule has 2 N–H and O–H groups in total. The topological polar surface area (TPSA) is 38.5 Å². The number of ether oxygens (including phenoxy) is 1. The van der Waals surface area contributed by atoms with Crippen molar-refractivity contribution in [3.05, 3.63) is 29.8 Å². The average Bonchev–Trinajstić information content (AvgIpc) is 3.06. The van der Waals surface area contributed by atoms with E-state index in [4.69, 9.17) is 10.5 Å². The Morgan fingerprint density at radius 1 is 1.19 bits per heavy atom. The van der Waals surface area contributed by atoms with E-state index in [1.807, 2.05) is 12.1 Å². The molecule has 1 aliphatic heterocycles. The Morgan fingerprint density at radius 3 is 2.29 bits per heavy atom. The maximum atomic E-state index is 6.94. The number of nitrogens with two attached hydrogens (primary N) is 1. The van der Waals surface area contributed by atoms with Crippen LogP contribution in [0.1, 0.15) is 51.5 Å². The quantitative estimate of drug-likeness (QED) is 0.835. The highest BCUT2D eigenvalue weighted by Crippen LogP contribution is 2.34. The maximum absolute atomic E-state index is 6.94. The molecule has 21 heavy (non-hydrogen) atoms. The predicted octanol–water partition coefficient (Wildman–Crippen LogP) is 3.52. The highest BCUT2D eigenvalue weighted by molar-refractivity contribution is 5.33. The number of nitrogens with zero attached hydrogens (tertiary/aromatic N) is 1. The van der Waals surface area contributed by atoms with Gasteiger partial charge in [-0.1, -0.05) is 32.4 Å². The van der Waals surface area contributed by atoms with E-state index in [9.17, 15) is 0 Å². The third kappa shape index (κ3) is 3.41. The van der Waals surface area contributed by atoms with Gasteiger partial charge in [0, 0.05) is 6.04 Å². The molecule has 2 rings (SSSR count). The standard InChI is InChI=1S/C18H30N2O/c1-4-8-17(20-13-6-7-14-20)18(19,5-2)15-9-11-16(21-3)12-10-15/h9-12,17H,4-8,13-14,19H2,1-3H3. The van der Waals surface area contributed by atoms with E-state index < -0.39 is 0 Å². The fraction of sp³-hybridized carbons (Fsp3) is 0.667. The van der Waals surface area contributed by atoms with E-state index in [1.165, 1.54) is 37.9 Å². The van der Waals surface area contributed by atoms with Gasteiger partial charge in [0.2, 0.25) is 0 Å². The van der Waals surface area contributed by atoms with Gasteiger partial charge >= 0.3 is 0 Å². The summed E-state index contributed by atoms with van der Waals surface area (Å²) in [6.07, 6.45) is 5.92. The molecular weight excluding hydrogens is 260 g/mol. The summed E-state index contributed by atoms with van der Waals surface area (Å²) in [7, 11) is 1.70. The molecule has 118 valence electrons. The largest absolute Gasteiger partial charge is 0.497 e. The van der Waals surface area contributed by atoms with Crippen LogP contribution in [0.2, 0.25) is 0 Å². The smallest absolute Gasteiger partial charge is 0.118 e. The minimum atomic E-state index is -0.271. The lowest BCUT2D eigenvalue weighted by atomic mass is 9.78. The maximum Gasteiger partial charge on any atom is 0.118 e. The van der Waals surface area contributed by atoms with Gasteiger partial charge in [-0.3, -0.25) is 4.90 Å². The second kappa shape index (κ2) is 7.28. The lowest BCUT2D eigenvalue weighted by Gasteiger charge is -2.43. The van der Waals surface area contributed by atoms with Crippen molar-refractivity contribution in [1.82, 2.24) is 4.90 Å². The molecular formula is C18H30N2O. The van der Waals surface area contributed by atoms with Gasteiger partial charge in [0.05, 0.1) is 12.6 Å². The molecule has 0 spiro atoms. The normalized spacial score (nSPS) is 20.2. The summed E-state index contributed by atoms with van der Waals surface area (Å²) in [5.74, 6) is 0.894. The summed E-state index contributed by atoms with van der Waals surface area (Å²) < 4.78 is 5.27. The summed E-state index contributed by atoms with van der Waals surface area (Å²) in [4.78, 5) is 2.61. The van der Waals surface area contributed by atoms with Crippen LogP contribution in [0.3, 0.4) is 0 Å². The summed E-state index contributed by atoms with van der Waals surface area (Å²) in [5.41, 5.74) is 7.90. The number of methoxy groups -OCH3 is 1. The van der Waals surface area contributed by atoms with Crippen molar-refractivity contribution in [1.29, 1.82) is 0 Å². The molecule has 0 bridgehead atoms. The number of rotatable bonds is 7. The van der Waals surface area contributed by atoms with E-state index >= 15 is 0 Å². The van der Waals surface area contributed by atoms with E-state index in [2.05, 4.69) is 30.9 Å². The van der Waals surface area contributed by atoms with Crippen LogP contribution in [-0.4, -0.2) is 31.1 Å². The third-order valence-corrected chi connectivity index (χ3v) is 4.95. The molecule has 1 heterocycles. The van der Waals surface area contributed by atoms with Crippen LogP contribution >= 0.6 is 0 Å². The summed E-state index contributed by atoms with van der Waals surface area (Å²) in [6.45, 7) is 6.86. The lowest BCUT2D eigenvalue weighted by molar-refractivity contribution is 0.130. The van der Waals surface area contributed by atoms with Crippen molar-refractivity contribution in [3.63, 3.8) is 0 Å². The van der Waals surface area contributed by atoms with Crippen LogP contribution in [0.4, 0.5) is 0 Å². The van der Waals surface area contributed by atoms with Crippen LogP contribution in [0.15, 0.2) is 24.3 Å². The second-order valence-corrected chi connectivity index (χ2v) is 6.17. The molecule has 0 amide bonds. The van der Waals surface area contributed by atoms with Gasteiger partial charge in [0.1, 0.15) is 5.75 Å². The van der Waals surface area contributed by atoms with E-state index in [1.54, 1.807) is 7.11 Å². The van der Waals surface area contributed by atoms with Gasteiger partial charge in [-0.05, 0) is 56.5 Å². The number of benzene rings is 1. The van der Waals surface area contributed by atoms with Gasteiger partial charge in [-0.25, -0.2) is 0 Å². The zero-order chi connectivity index (χ0) is 15.3. The summed E-state index contributed by atoms with van der Waals surface area (Å²) in [6, 6.07) is 8.77. The molecule has 1 aromatic carbocycles. The minimum absolute atomic E-state index is 0.271. The van der Waals surface area contributed by atoms with Crippen molar-refractivity contribution < 1.29 is 4.74 Å². The molecule has 1 fully saturated rings. The first-order valence-electron chi connectivity index (χ1n) is 8.33. The molecule has 1 saturated heterocycles. The molecule has 0 aliphatic carbocycles. The van der Waals surface area contributed by atoms with Gasteiger partial charge in [0.25, 0.3) is 0 Å². The van der Waals surface area contributed by atoms with Crippen LogP contribution < -0.4 is 10.5 Å². The Hall–Kier alpha value is -1.06. The van der Waals surface area contributed by atoms with E-state index in [-0.39, 0.29) is 5.54 Å². The molecule has 3 heteroatoms. The molecule has 2 unspecified atom stereocenters. The fourth-order valence-corrected chi connectivity index (χ4v) is 3.63. The molecule has 0 radical (unpaired) electrons. The van der Waals surface area contributed by atoms with Gasteiger partial charge in [0.15, 0.2) is 0 Å². The highest BCUT2D eigenvalue weighted by atomic mass is 16.5. The number of hydrogen-bond donors (Lipinski definition) is 1. The van der Waals surface area contributed by atoms with Crippen molar-refractivity contribution in [3.8, 4) is 5.75 Å². The Labute approximate surface area is 129 Å². The Kier molecular flexibility index (Phi) is 5.65. The first kappa shape index (κ1) is 16.3. The summed E-state index contributed by atoms with van der Waals surface area (Å²) in [5, 5.41) is 0.